The average Bonchev–Trinajstić information content (AvgIpc) is 2.85. The van der Waals surface area contributed by atoms with E-state index in [0.29, 0.717) is 18.2 Å². The van der Waals surface area contributed by atoms with Crippen molar-refractivity contribution in [2.24, 2.45) is 0 Å². The molecule has 4 rings (SSSR count). The SMILES string of the molecule is N#Cc1ccc(N2CCC[C@H](N[C@@H]3CCCC[C@H]3NC(=O)OCc3ccccc3)C2)cc1. The number of benzene rings is 2. The molecule has 1 saturated heterocycles. The molecule has 0 spiro atoms. The van der Waals surface area contributed by atoms with E-state index in [2.05, 4.69) is 21.6 Å². The number of carbonyl (C=O) groups is 1. The summed E-state index contributed by atoms with van der Waals surface area (Å²) in [5.41, 5.74) is 2.85. The molecule has 0 radical (unpaired) electrons. The fourth-order valence-corrected chi connectivity index (χ4v) is 4.82. The zero-order valence-electron chi connectivity index (χ0n) is 18.5. The molecule has 6 nitrogen and oxygen atoms in total. The lowest BCUT2D eigenvalue weighted by molar-refractivity contribution is 0.128. The Morgan fingerprint density at radius 3 is 2.50 bits per heavy atom. The summed E-state index contributed by atoms with van der Waals surface area (Å²) in [4.78, 5) is 14.8. The van der Waals surface area contributed by atoms with Crippen LogP contribution in [0.2, 0.25) is 0 Å². The highest BCUT2D eigenvalue weighted by atomic mass is 16.5. The molecule has 2 fully saturated rings. The van der Waals surface area contributed by atoms with Gasteiger partial charge in [-0.05, 0) is 55.5 Å². The number of nitriles is 1. The number of anilines is 1. The predicted molar refractivity (Wildman–Crippen MR) is 125 cm³/mol. The summed E-state index contributed by atoms with van der Waals surface area (Å²) in [6.45, 7) is 2.26. The van der Waals surface area contributed by atoms with Gasteiger partial charge in [0.15, 0.2) is 0 Å². The molecule has 0 aromatic heterocycles. The lowest BCUT2D eigenvalue weighted by atomic mass is 9.89. The molecule has 2 aromatic rings. The van der Waals surface area contributed by atoms with E-state index in [1.165, 1.54) is 12.1 Å². The first-order valence-electron chi connectivity index (χ1n) is 11.7. The molecule has 6 heteroatoms. The van der Waals surface area contributed by atoms with Crippen LogP contribution in [0, 0.1) is 11.3 Å². The largest absolute Gasteiger partial charge is 0.445 e. The van der Waals surface area contributed by atoms with Gasteiger partial charge in [0, 0.05) is 36.9 Å². The number of piperidine rings is 1. The van der Waals surface area contributed by atoms with Crippen LogP contribution in [-0.2, 0) is 11.3 Å². The van der Waals surface area contributed by atoms with Crippen molar-refractivity contribution in [3.63, 3.8) is 0 Å². The quantitative estimate of drug-likeness (QED) is 0.709. The molecule has 2 aromatic carbocycles. The predicted octanol–water partition coefficient (Wildman–Crippen LogP) is 4.35. The number of ether oxygens (including phenoxy) is 1. The van der Waals surface area contributed by atoms with Gasteiger partial charge >= 0.3 is 6.09 Å². The Kier molecular flexibility index (Phi) is 7.63. The number of rotatable bonds is 6. The zero-order chi connectivity index (χ0) is 22.2. The second-order valence-electron chi connectivity index (χ2n) is 8.81. The van der Waals surface area contributed by atoms with Gasteiger partial charge in [-0.1, -0.05) is 43.2 Å². The van der Waals surface area contributed by atoms with E-state index in [0.717, 1.165) is 50.8 Å². The molecule has 1 saturated carbocycles. The van der Waals surface area contributed by atoms with Gasteiger partial charge in [0.2, 0.25) is 0 Å². The molecule has 32 heavy (non-hydrogen) atoms. The van der Waals surface area contributed by atoms with Crippen LogP contribution in [0.15, 0.2) is 54.6 Å². The van der Waals surface area contributed by atoms with Crippen LogP contribution >= 0.6 is 0 Å². The Balaban J connectivity index is 1.30. The number of nitrogens with one attached hydrogen (secondary N) is 2. The monoisotopic (exact) mass is 432 g/mol. The van der Waals surface area contributed by atoms with Crippen molar-refractivity contribution in [1.29, 1.82) is 5.26 Å². The van der Waals surface area contributed by atoms with E-state index in [1.54, 1.807) is 0 Å². The number of carbonyl (C=O) groups excluding carboxylic acids is 1. The van der Waals surface area contributed by atoms with Crippen LogP contribution in [0.5, 0.6) is 0 Å². The Labute approximate surface area is 190 Å². The standard InChI is InChI=1S/C26H32N4O2/c27-17-20-12-14-23(15-13-20)30-16-6-9-22(18-30)28-24-10-4-5-11-25(24)29-26(31)32-19-21-7-2-1-3-8-21/h1-3,7-8,12-15,22,24-25,28H,4-6,9-11,16,18-19H2,(H,29,31)/t22-,24+,25+/m0/s1. The minimum absolute atomic E-state index is 0.0947. The Hall–Kier alpha value is -3.04. The average molecular weight is 433 g/mol. The maximum Gasteiger partial charge on any atom is 0.407 e. The first kappa shape index (κ1) is 22.2. The molecule has 168 valence electrons. The first-order valence-corrected chi connectivity index (χ1v) is 11.7. The molecule has 1 aliphatic heterocycles. The highest BCUT2D eigenvalue weighted by molar-refractivity contribution is 5.67. The van der Waals surface area contributed by atoms with Gasteiger partial charge in [-0.25, -0.2) is 4.79 Å². The van der Waals surface area contributed by atoms with Gasteiger partial charge in [0.05, 0.1) is 11.6 Å². The third-order valence-electron chi connectivity index (χ3n) is 6.51. The molecule has 1 amide bonds. The van der Waals surface area contributed by atoms with E-state index in [9.17, 15) is 4.79 Å². The smallest absolute Gasteiger partial charge is 0.407 e. The van der Waals surface area contributed by atoms with E-state index >= 15 is 0 Å². The topological polar surface area (TPSA) is 77.4 Å². The molecule has 2 aliphatic rings. The molecule has 1 aliphatic carbocycles. The second kappa shape index (κ2) is 11.0. The summed E-state index contributed by atoms with van der Waals surface area (Å²) in [6.07, 6.45) is 6.28. The van der Waals surface area contributed by atoms with E-state index in [1.807, 2.05) is 54.6 Å². The fourth-order valence-electron chi connectivity index (χ4n) is 4.82. The molecule has 1 heterocycles. The second-order valence-corrected chi connectivity index (χ2v) is 8.81. The Morgan fingerprint density at radius 1 is 1.00 bits per heavy atom. The fraction of sp³-hybridized carbons (Fsp3) is 0.462. The minimum Gasteiger partial charge on any atom is -0.445 e. The molecule has 2 N–H and O–H groups in total. The van der Waals surface area contributed by atoms with Crippen molar-refractivity contribution in [3.8, 4) is 6.07 Å². The normalized spacial score (nSPS) is 23.2. The number of hydrogen-bond donors (Lipinski definition) is 2. The summed E-state index contributed by atoms with van der Waals surface area (Å²) < 4.78 is 5.45. The number of hydrogen-bond acceptors (Lipinski definition) is 5. The van der Waals surface area contributed by atoms with Gasteiger partial charge in [-0.15, -0.1) is 0 Å². The van der Waals surface area contributed by atoms with Crippen molar-refractivity contribution in [2.75, 3.05) is 18.0 Å². The van der Waals surface area contributed by atoms with E-state index < -0.39 is 0 Å². The summed E-state index contributed by atoms with van der Waals surface area (Å²) in [6, 6.07) is 20.5. The highest BCUT2D eigenvalue weighted by Gasteiger charge is 2.30. The van der Waals surface area contributed by atoms with Gasteiger partial charge < -0.3 is 20.3 Å². The first-order chi connectivity index (χ1) is 15.7. The molecular weight excluding hydrogens is 400 g/mol. The van der Waals surface area contributed by atoms with Crippen LogP contribution in [0.1, 0.15) is 49.7 Å². The molecule has 3 atom stereocenters. The third-order valence-corrected chi connectivity index (χ3v) is 6.51. The van der Waals surface area contributed by atoms with Crippen LogP contribution < -0.4 is 15.5 Å². The maximum atomic E-state index is 12.4. The van der Waals surface area contributed by atoms with E-state index in [-0.39, 0.29) is 18.2 Å². The summed E-state index contributed by atoms with van der Waals surface area (Å²) in [5.74, 6) is 0. The molecule has 0 unspecified atom stereocenters. The summed E-state index contributed by atoms with van der Waals surface area (Å²) in [7, 11) is 0. The lowest BCUT2D eigenvalue weighted by Gasteiger charge is -2.40. The number of nitrogens with zero attached hydrogens (tertiary/aromatic N) is 2. The maximum absolute atomic E-state index is 12.4. The number of alkyl carbamates (subject to hydrolysis) is 1. The lowest BCUT2D eigenvalue weighted by Crippen LogP contribution is -2.57. The van der Waals surface area contributed by atoms with Gasteiger partial charge in [-0.2, -0.15) is 5.26 Å². The molecular formula is C26H32N4O2. The van der Waals surface area contributed by atoms with Crippen LogP contribution in [-0.4, -0.2) is 37.3 Å². The van der Waals surface area contributed by atoms with Gasteiger partial charge in [0.1, 0.15) is 6.61 Å². The highest BCUT2D eigenvalue weighted by Crippen LogP contribution is 2.24. The molecule has 0 bridgehead atoms. The van der Waals surface area contributed by atoms with Crippen molar-refractivity contribution in [1.82, 2.24) is 10.6 Å². The van der Waals surface area contributed by atoms with Crippen LogP contribution in [0.3, 0.4) is 0 Å². The third kappa shape index (κ3) is 6.02. The Bertz CT molecular complexity index is 910. The Morgan fingerprint density at radius 2 is 1.75 bits per heavy atom. The van der Waals surface area contributed by atoms with Gasteiger partial charge in [-0.3, -0.25) is 0 Å². The van der Waals surface area contributed by atoms with Crippen molar-refractivity contribution in [2.45, 2.75) is 63.3 Å². The van der Waals surface area contributed by atoms with Gasteiger partial charge in [0.25, 0.3) is 0 Å². The van der Waals surface area contributed by atoms with Crippen molar-refractivity contribution < 1.29 is 9.53 Å². The van der Waals surface area contributed by atoms with Crippen LogP contribution in [0.4, 0.5) is 10.5 Å². The summed E-state index contributed by atoms with van der Waals surface area (Å²) in [5, 5.41) is 16.0. The number of amides is 1. The van der Waals surface area contributed by atoms with E-state index in [4.69, 9.17) is 10.00 Å². The van der Waals surface area contributed by atoms with Crippen LogP contribution in [0.25, 0.3) is 0 Å². The summed E-state index contributed by atoms with van der Waals surface area (Å²) >= 11 is 0. The minimum atomic E-state index is -0.338. The zero-order valence-corrected chi connectivity index (χ0v) is 18.5. The van der Waals surface area contributed by atoms with Crippen molar-refractivity contribution >= 4 is 11.8 Å². The van der Waals surface area contributed by atoms with Crippen molar-refractivity contribution in [3.05, 3.63) is 65.7 Å².